The monoisotopic (exact) mass is 381 g/mol. The van der Waals surface area contributed by atoms with Crippen LogP contribution < -0.4 is 10.1 Å². The van der Waals surface area contributed by atoms with Gasteiger partial charge in [0.25, 0.3) is 5.91 Å². The molecule has 0 bridgehead atoms. The van der Waals surface area contributed by atoms with Crippen LogP contribution in [0.3, 0.4) is 0 Å². The van der Waals surface area contributed by atoms with E-state index >= 15 is 0 Å². The zero-order valence-corrected chi connectivity index (χ0v) is 15.8. The molecule has 138 valence electrons. The molecular formula is C22H20ClNO3. The number of halogens is 1. The second-order valence-electron chi connectivity index (χ2n) is 6.02. The van der Waals surface area contributed by atoms with Crippen molar-refractivity contribution in [3.63, 3.8) is 0 Å². The quantitative estimate of drug-likeness (QED) is 0.526. The molecule has 0 atom stereocenters. The predicted octanol–water partition coefficient (Wildman–Crippen LogP) is 5.80. The lowest BCUT2D eigenvalue weighted by molar-refractivity contribution is 0.0992. The zero-order chi connectivity index (χ0) is 19.2. The molecule has 5 heteroatoms. The van der Waals surface area contributed by atoms with Crippen molar-refractivity contribution in [2.75, 3.05) is 5.32 Å². The van der Waals surface area contributed by atoms with Gasteiger partial charge in [0.15, 0.2) is 5.76 Å². The van der Waals surface area contributed by atoms with E-state index in [0.717, 1.165) is 23.3 Å². The molecular weight excluding hydrogens is 362 g/mol. The molecule has 0 aliphatic heterocycles. The summed E-state index contributed by atoms with van der Waals surface area (Å²) in [6.45, 7) is 5.84. The van der Waals surface area contributed by atoms with Gasteiger partial charge in [0, 0.05) is 10.7 Å². The summed E-state index contributed by atoms with van der Waals surface area (Å²) in [6.07, 6.45) is 2.55. The highest BCUT2D eigenvalue weighted by Crippen LogP contribution is 2.24. The second-order valence-corrected chi connectivity index (χ2v) is 6.43. The maximum atomic E-state index is 12.4. The molecule has 1 aromatic heterocycles. The first kappa shape index (κ1) is 18.8. The van der Waals surface area contributed by atoms with Crippen LogP contribution in [0.5, 0.6) is 5.75 Å². The Bertz CT molecular complexity index is 962. The third kappa shape index (κ3) is 4.60. The van der Waals surface area contributed by atoms with Gasteiger partial charge in [0.2, 0.25) is 0 Å². The Labute approximate surface area is 163 Å². The van der Waals surface area contributed by atoms with Gasteiger partial charge in [0.1, 0.15) is 18.1 Å². The van der Waals surface area contributed by atoms with Crippen LogP contribution in [0.25, 0.3) is 0 Å². The number of nitrogens with one attached hydrogen (secondary N) is 1. The number of ether oxygens (including phenoxy) is 1. The average molecular weight is 382 g/mol. The van der Waals surface area contributed by atoms with Crippen molar-refractivity contribution in [1.82, 2.24) is 0 Å². The first-order valence-electron chi connectivity index (χ1n) is 8.55. The van der Waals surface area contributed by atoms with E-state index in [9.17, 15) is 4.79 Å². The van der Waals surface area contributed by atoms with E-state index < -0.39 is 0 Å². The lowest BCUT2D eigenvalue weighted by Crippen LogP contribution is -2.12. The molecule has 0 radical (unpaired) electrons. The van der Waals surface area contributed by atoms with Crippen LogP contribution in [0.15, 0.2) is 71.7 Å². The number of rotatable bonds is 7. The predicted molar refractivity (Wildman–Crippen MR) is 108 cm³/mol. The first-order chi connectivity index (χ1) is 13.1. The topological polar surface area (TPSA) is 51.5 Å². The fraction of sp³-hybridized carbons (Fsp3) is 0.136. The van der Waals surface area contributed by atoms with Crippen molar-refractivity contribution in [3.05, 3.63) is 94.9 Å². The van der Waals surface area contributed by atoms with Gasteiger partial charge in [-0.2, -0.15) is 0 Å². The number of carbonyl (C=O) groups excluding carboxylic acids is 1. The van der Waals surface area contributed by atoms with E-state index in [4.69, 9.17) is 20.8 Å². The van der Waals surface area contributed by atoms with Gasteiger partial charge in [-0.25, -0.2) is 0 Å². The SMILES string of the molecule is C=CCc1ccccc1OCc1ccc(C(=O)Nc2cccc(Cl)c2C)o1. The van der Waals surface area contributed by atoms with Gasteiger partial charge >= 0.3 is 0 Å². The minimum Gasteiger partial charge on any atom is -0.485 e. The molecule has 1 N–H and O–H groups in total. The Morgan fingerprint density at radius 3 is 2.81 bits per heavy atom. The molecule has 27 heavy (non-hydrogen) atoms. The molecule has 0 spiro atoms. The maximum absolute atomic E-state index is 12.4. The first-order valence-corrected chi connectivity index (χ1v) is 8.93. The summed E-state index contributed by atoms with van der Waals surface area (Å²) in [5, 5.41) is 3.41. The summed E-state index contributed by atoms with van der Waals surface area (Å²) in [7, 11) is 0. The molecule has 2 aromatic carbocycles. The van der Waals surface area contributed by atoms with Gasteiger partial charge in [-0.05, 0) is 54.8 Å². The van der Waals surface area contributed by atoms with Gasteiger partial charge in [-0.1, -0.05) is 41.9 Å². The van der Waals surface area contributed by atoms with E-state index in [1.165, 1.54) is 0 Å². The van der Waals surface area contributed by atoms with E-state index in [1.54, 1.807) is 30.3 Å². The number of furan rings is 1. The highest BCUT2D eigenvalue weighted by Gasteiger charge is 2.14. The summed E-state index contributed by atoms with van der Waals surface area (Å²) in [6, 6.07) is 16.5. The minimum atomic E-state index is -0.335. The van der Waals surface area contributed by atoms with Crippen LogP contribution in [0.4, 0.5) is 5.69 Å². The fourth-order valence-electron chi connectivity index (χ4n) is 2.62. The zero-order valence-electron chi connectivity index (χ0n) is 15.0. The maximum Gasteiger partial charge on any atom is 0.291 e. The number of amides is 1. The van der Waals surface area contributed by atoms with Crippen molar-refractivity contribution in [2.45, 2.75) is 20.0 Å². The van der Waals surface area contributed by atoms with Crippen molar-refractivity contribution in [3.8, 4) is 5.75 Å². The molecule has 0 aliphatic carbocycles. The second kappa shape index (κ2) is 8.60. The number of para-hydroxylation sites is 1. The highest BCUT2D eigenvalue weighted by atomic mass is 35.5. The standard InChI is InChI=1S/C22H20ClNO3/c1-3-7-16-8-4-5-11-20(16)26-14-17-12-13-21(27-17)22(25)24-19-10-6-9-18(23)15(19)2/h3-6,8-13H,1,7,14H2,2H3,(H,24,25). The van der Waals surface area contributed by atoms with Crippen LogP contribution >= 0.6 is 11.6 Å². The third-order valence-corrected chi connectivity index (χ3v) is 4.52. The average Bonchev–Trinajstić information content (AvgIpc) is 3.14. The Balaban J connectivity index is 1.65. The lowest BCUT2D eigenvalue weighted by atomic mass is 10.1. The van der Waals surface area contributed by atoms with E-state index in [2.05, 4.69) is 11.9 Å². The van der Waals surface area contributed by atoms with Crippen LogP contribution in [0.2, 0.25) is 5.02 Å². The van der Waals surface area contributed by atoms with Crippen LogP contribution in [-0.2, 0) is 13.0 Å². The number of benzene rings is 2. The summed E-state index contributed by atoms with van der Waals surface area (Å²) < 4.78 is 11.5. The number of carbonyl (C=O) groups is 1. The number of hydrogen-bond acceptors (Lipinski definition) is 3. The largest absolute Gasteiger partial charge is 0.485 e. The molecule has 0 fully saturated rings. The van der Waals surface area contributed by atoms with Crippen LogP contribution in [0, 0.1) is 6.92 Å². The molecule has 3 aromatic rings. The summed E-state index contributed by atoms with van der Waals surface area (Å²) in [4.78, 5) is 12.4. The molecule has 0 aliphatic rings. The van der Waals surface area contributed by atoms with E-state index in [1.807, 2.05) is 37.3 Å². The Morgan fingerprint density at radius 1 is 1.19 bits per heavy atom. The van der Waals surface area contributed by atoms with Gasteiger partial charge < -0.3 is 14.5 Å². The Hall–Kier alpha value is -2.98. The van der Waals surface area contributed by atoms with Crippen molar-refractivity contribution in [1.29, 1.82) is 0 Å². The van der Waals surface area contributed by atoms with E-state index in [0.29, 0.717) is 16.5 Å². The van der Waals surface area contributed by atoms with Crippen molar-refractivity contribution in [2.24, 2.45) is 0 Å². The highest BCUT2D eigenvalue weighted by molar-refractivity contribution is 6.31. The summed E-state index contributed by atoms with van der Waals surface area (Å²) in [5.41, 5.74) is 2.51. The summed E-state index contributed by atoms with van der Waals surface area (Å²) >= 11 is 6.08. The Morgan fingerprint density at radius 2 is 2.00 bits per heavy atom. The number of hydrogen-bond donors (Lipinski definition) is 1. The molecule has 1 heterocycles. The Kier molecular flexibility index (Phi) is 5.99. The molecule has 3 rings (SSSR count). The van der Waals surface area contributed by atoms with E-state index in [-0.39, 0.29) is 18.3 Å². The normalized spacial score (nSPS) is 10.4. The summed E-state index contributed by atoms with van der Waals surface area (Å²) in [5.74, 6) is 1.22. The number of allylic oxidation sites excluding steroid dienone is 1. The van der Waals surface area contributed by atoms with Gasteiger partial charge in [-0.15, -0.1) is 6.58 Å². The van der Waals surface area contributed by atoms with Crippen molar-refractivity contribution >= 4 is 23.2 Å². The van der Waals surface area contributed by atoms with Crippen LogP contribution in [-0.4, -0.2) is 5.91 Å². The smallest absolute Gasteiger partial charge is 0.291 e. The minimum absolute atomic E-state index is 0.215. The lowest BCUT2D eigenvalue weighted by Gasteiger charge is -2.09. The molecule has 0 unspecified atom stereocenters. The van der Waals surface area contributed by atoms with Gasteiger partial charge in [-0.3, -0.25) is 4.79 Å². The van der Waals surface area contributed by atoms with Gasteiger partial charge in [0.05, 0.1) is 0 Å². The fourth-order valence-corrected chi connectivity index (χ4v) is 2.80. The number of anilines is 1. The third-order valence-electron chi connectivity index (χ3n) is 4.11. The molecule has 1 amide bonds. The molecule has 0 saturated heterocycles. The van der Waals surface area contributed by atoms with Crippen LogP contribution in [0.1, 0.15) is 27.4 Å². The molecule has 4 nitrogen and oxygen atoms in total. The van der Waals surface area contributed by atoms with Crippen molar-refractivity contribution < 1.29 is 13.9 Å². The molecule has 0 saturated carbocycles.